The minimum absolute atomic E-state index is 0.0155. The third kappa shape index (κ3) is 3.89. The van der Waals surface area contributed by atoms with Crippen molar-refractivity contribution in [2.24, 2.45) is 0 Å². The Morgan fingerprint density at radius 2 is 2.04 bits per heavy atom. The van der Waals surface area contributed by atoms with E-state index in [9.17, 15) is 13.2 Å². The van der Waals surface area contributed by atoms with E-state index in [1.165, 1.54) is 21.3 Å². The van der Waals surface area contributed by atoms with Gasteiger partial charge in [0.05, 0.1) is 13.2 Å². The maximum absolute atomic E-state index is 12.5. The van der Waals surface area contributed by atoms with Gasteiger partial charge in [-0.25, -0.2) is 8.42 Å². The van der Waals surface area contributed by atoms with Crippen LogP contribution in [-0.2, 0) is 21.3 Å². The van der Waals surface area contributed by atoms with Gasteiger partial charge in [-0.1, -0.05) is 6.07 Å². The third-order valence-electron chi connectivity index (χ3n) is 3.85. The number of amides is 1. The van der Waals surface area contributed by atoms with Crippen molar-refractivity contribution in [3.05, 3.63) is 48.0 Å². The first kappa shape index (κ1) is 17.6. The molecule has 0 bridgehead atoms. The van der Waals surface area contributed by atoms with Gasteiger partial charge < -0.3 is 14.1 Å². The van der Waals surface area contributed by atoms with Crippen molar-refractivity contribution in [2.75, 3.05) is 33.4 Å². The summed E-state index contributed by atoms with van der Waals surface area (Å²) in [6, 6.07) is 6.34. The number of morpholine rings is 1. The smallest absolute Gasteiger partial charge is 0.289 e. The number of carbonyl (C=O) groups excluding carboxylic acids is 1. The fraction of sp³-hybridized carbons (Fsp3) is 0.375. The fourth-order valence-electron chi connectivity index (χ4n) is 2.51. The number of carbonyl (C=O) groups is 1. The lowest BCUT2D eigenvalue weighted by Gasteiger charge is -2.24. The summed E-state index contributed by atoms with van der Waals surface area (Å²) in [4.78, 5) is 17.9. The monoisotopic (exact) mass is 365 g/mol. The highest BCUT2D eigenvalue weighted by Gasteiger charge is 2.30. The maximum Gasteiger partial charge on any atom is 0.289 e. The Morgan fingerprint density at radius 3 is 2.72 bits per heavy atom. The quantitative estimate of drug-likeness (QED) is 0.784. The van der Waals surface area contributed by atoms with E-state index in [0.29, 0.717) is 19.8 Å². The summed E-state index contributed by atoms with van der Waals surface area (Å²) >= 11 is 0. The van der Waals surface area contributed by atoms with E-state index in [4.69, 9.17) is 9.15 Å². The average molecular weight is 365 g/mol. The second kappa shape index (κ2) is 7.34. The van der Waals surface area contributed by atoms with E-state index >= 15 is 0 Å². The number of hydrogen-bond donors (Lipinski definition) is 0. The van der Waals surface area contributed by atoms with Crippen LogP contribution in [0.25, 0.3) is 0 Å². The van der Waals surface area contributed by atoms with Crippen LogP contribution in [0.2, 0.25) is 0 Å². The van der Waals surface area contributed by atoms with Crippen molar-refractivity contribution in [3.63, 3.8) is 0 Å². The Hall–Kier alpha value is -2.23. The van der Waals surface area contributed by atoms with Gasteiger partial charge in [0.15, 0.2) is 5.76 Å². The normalized spacial score (nSPS) is 15.9. The zero-order valence-corrected chi connectivity index (χ0v) is 14.6. The molecule has 1 aliphatic rings. The molecule has 0 radical (unpaired) electrons. The first-order chi connectivity index (χ1) is 12.0. The van der Waals surface area contributed by atoms with Gasteiger partial charge in [0.2, 0.25) is 5.09 Å². The van der Waals surface area contributed by atoms with Crippen molar-refractivity contribution in [3.8, 4) is 0 Å². The van der Waals surface area contributed by atoms with Gasteiger partial charge in [-0.15, -0.1) is 0 Å². The highest BCUT2D eigenvalue weighted by atomic mass is 32.2. The van der Waals surface area contributed by atoms with Gasteiger partial charge in [0.25, 0.3) is 15.9 Å². The lowest BCUT2D eigenvalue weighted by Crippen LogP contribution is -2.40. The van der Waals surface area contributed by atoms with Crippen molar-refractivity contribution in [1.82, 2.24) is 14.2 Å². The Labute approximate surface area is 146 Å². The van der Waals surface area contributed by atoms with Gasteiger partial charge in [0, 0.05) is 39.1 Å². The number of hydrogen-bond acceptors (Lipinski definition) is 6. The summed E-state index contributed by atoms with van der Waals surface area (Å²) in [7, 11) is -2.13. The van der Waals surface area contributed by atoms with Crippen molar-refractivity contribution >= 4 is 15.9 Å². The molecular weight excluding hydrogens is 346 g/mol. The number of sulfonamides is 1. The predicted octanol–water partition coefficient (Wildman–Crippen LogP) is 0.968. The van der Waals surface area contributed by atoms with Crippen LogP contribution in [-0.4, -0.2) is 61.9 Å². The molecule has 1 aliphatic heterocycles. The number of nitrogens with zero attached hydrogens (tertiary/aromatic N) is 3. The summed E-state index contributed by atoms with van der Waals surface area (Å²) in [5, 5.41) is -0.229. The van der Waals surface area contributed by atoms with Crippen LogP contribution >= 0.6 is 0 Å². The standard InChI is InChI=1S/C16H19N3O5S/c1-18(12-13-3-2-6-17-11-13)16(20)14-4-5-15(24-14)25(21,22)19-7-9-23-10-8-19/h2-6,11H,7-10,12H2,1H3. The molecule has 8 nitrogen and oxygen atoms in total. The van der Waals surface area contributed by atoms with Crippen molar-refractivity contribution in [2.45, 2.75) is 11.6 Å². The molecule has 0 unspecified atom stereocenters. The molecule has 9 heteroatoms. The first-order valence-corrected chi connectivity index (χ1v) is 9.24. The minimum atomic E-state index is -3.75. The lowest BCUT2D eigenvalue weighted by atomic mass is 10.2. The van der Waals surface area contributed by atoms with Crippen LogP contribution in [0.5, 0.6) is 0 Å². The van der Waals surface area contributed by atoms with Crippen LogP contribution < -0.4 is 0 Å². The van der Waals surface area contributed by atoms with Crippen LogP contribution in [0.4, 0.5) is 0 Å². The molecule has 0 aliphatic carbocycles. The predicted molar refractivity (Wildman–Crippen MR) is 88.3 cm³/mol. The molecule has 0 aromatic carbocycles. The Morgan fingerprint density at radius 1 is 1.28 bits per heavy atom. The Balaban J connectivity index is 1.73. The largest absolute Gasteiger partial charge is 0.438 e. The molecule has 3 rings (SSSR count). The first-order valence-electron chi connectivity index (χ1n) is 7.80. The van der Waals surface area contributed by atoms with E-state index in [2.05, 4.69) is 4.98 Å². The van der Waals surface area contributed by atoms with Crippen molar-refractivity contribution < 1.29 is 22.4 Å². The van der Waals surface area contributed by atoms with Gasteiger partial charge in [0.1, 0.15) is 0 Å². The lowest BCUT2D eigenvalue weighted by molar-refractivity contribution is 0.0713. The average Bonchev–Trinajstić information content (AvgIpc) is 3.13. The highest BCUT2D eigenvalue weighted by Crippen LogP contribution is 2.21. The summed E-state index contributed by atoms with van der Waals surface area (Å²) in [5.74, 6) is -0.412. The van der Waals surface area contributed by atoms with Gasteiger partial charge >= 0.3 is 0 Å². The molecule has 0 N–H and O–H groups in total. The number of pyridine rings is 1. The summed E-state index contributed by atoms with van der Waals surface area (Å²) in [6.07, 6.45) is 3.32. The number of ether oxygens (including phenoxy) is 1. The molecule has 1 saturated heterocycles. The zero-order chi connectivity index (χ0) is 17.9. The molecule has 2 aromatic heterocycles. The van der Waals surface area contributed by atoms with E-state index in [1.54, 1.807) is 25.5 Å². The van der Waals surface area contributed by atoms with Crippen LogP contribution in [0.3, 0.4) is 0 Å². The van der Waals surface area contributed by atoms with Crippen molar-refractivity contribution in [1.29, 1.82) is 0 Å². The van der Waals surface area contributed by atoms with E-state index in [0.717, 1.165) is 5.56 Å². The van der Waals surface area contributed by atoms with E-state index < -0.39 is 15.9 Å². The number of aromatic nitrogens is 1. The summed E-state index contributed by atoms with van der Waals surface area (Å²) in [6.45, 7) is 1.58. The molecule has 134 valence electrons. The molecule has 0 saturated carbocycles. The molecular formula is C16H19N3O5S. The molecule has 3 heterocycles. The van der Waals surface area contributed by atoms with E-state index in [-0.39, 0.29) is 23.9 Å². The van der Waals surface area contributed by atoms with Crippen LogP contribution in [0.1, 0.15) is 16.1 Å². The van der Waals surface area contributed by atoms with Crippen LogP contribution in [0.15, 0.2) is 46.2 Å². The second-order valence-corrected chi connectivity index (χ2v) is 7.53. The van der Waals surface area contributed by atoms with Crippen LogP contribution in [0, 0.1) is 0 Å². The minimum Gasteiger partial charge on any atom is -0.438 e. The fourth-order valence-corrected chi connectivity index (χ4v) is 3.83. The maximum atomic E-state index is 12.5. The topological polar surface area (TPSA) is 93.0 Å². The van der Waals surface area contributed by atoms with E-state index in [1.807, 2.05) is 6.07 Å². The summed E-state index contributed by atoms with van der Waals surface area (Å²) < 4.78 is 36.9. The molecule has 1 fully saturated rings. The highest BCUT2D eigenvalue weighted by molar-refractivity contribution is 7.89. The summed E-state index contributed by atoms with van der Waals surface area (Å²) in [5.41, 5.74) is 0.867. The molecule has 2 aromatic rings. The molecule has 1 amide bonds. The molecule has 0 atom stereocenters. The molecule has 25 heavy (non-hydrogen) atoms. The van der Waals surface area contributed by atoms with Gasteiger partial charge in [-0.05, 0) is 23.8 Å². The SMILES string of the molecule is CN(Cc1cccnc1)C(=O)c1ccc(S(=O)(=O)N2CCOCC2)o1. The number of furan rings is 1. The van der Waals surface area contributed by atoms with Gasteiger partial charge in [-0.2, -0.15) is 4.31 Å². The number of rotatable bonds is 5. The third-order valence-corrected chi connectivity index (χ3v) is 5.62. The molecule has 0 spiro atoms. The zero-order valence-electron chi connectivity index (χ0n) is 13.8. The van der Waals surface area contributed by atoms with Gasteiger partial charge in [-0.3, -0.25) is 9.78 Å². The Kier molecular flexibility index (Phi) is 5.16. The Bertz CT molecular complexity index is 828. The second-order valence-electron chi connectivity index (χ2n) is 5.66.